The topological polar surface area (TPSA) is 61.4 Å². The van der Waals surface area contributed by atoms with E-state index in [9.17, 15) is 9.90 Å². The van der Waals surface area contributed by atoms with E-state index in [1.165, 1.54) is 0 Å². The summed E-state index contributed by atoms with van der Waals surface area (Å²) in [5, 5.41) is 15.5. The lowest BCUT2D eigenvalue weighted by molar-refractivity contribution is 0.202. The van der Waals surface area contributed by atoms with Crippen LogP contribution in [-0.4, -0.2) is 24.3 Å². The molecular formula is C14H19ClN2O2. The minimum absolute atomic E-state index is 0.0728. The third kappa shape index (κ3) is 3.85. The average Bonchev–Trinajstić information content (AvgIpc) is 3.17. The van der Waals surface area contributed by atoms with Crippen LogP contribution >= 0.6 is 11.6 Å². The van der Waals surface area contributed by atoms with E-state index in [1.54, 1.807) is 6.07 Å². The molecular weight excluding hydrogens is 264 g/mol. The van der Waals surface area contributed by atoms with Crippen molar-refractivity contribution in [2.24, 2.45) is 5.41 Å². The molecule has 4 nitrogen and oxygen atoms in total. The van der Waals surface area contributed by atoms with Crippen molar-refractivity contribution in [2.75, 3.05) is 13.2 Å². The summed E-state index contributed by atoms with van der Waals surface area (Å²) in [5.41, 5.74) is 0.891. The van der Waals surface area contributed by atoms with Gasteiger partial charge in [-0.05, 0) is 37.5 Å². The van der Waals surface area contributed by atoms with Crippen molar-refractivity contribution in [3.8, 4) is 0 Å². The maximum atomic E-state index is 11.8. The van der Waals surface area contributed by atoms with E-state index in [2.05, 4.69) is 10.6 Å². The van der Waals surface area contributed by atoms with Gasteiger partial charge in [-0.25, -0.2) is 4.79 Å². The normalized spacial score (nSPS) is 17.6. The number of halogens is 1. The zero-order valence-corrected chi connectivity index (χ0v) is 11.7. The van der Waals surface area contributed by atoms with Crippen LogP contribution in [0.15, 0.2) is 24.3 Å². The summed E-state index contributed by atoms with van der Waals surface area (Å²) in [6, 6.07) is 7.10. The predicted octanol–water partition coefficient (Wildman–Crippen LogP) is 2.47. The van der Waals surface area contributed by atoms with Crippen molar-refractivity contribution >= 4 is 17.6 Å². The average molecular weight is 283 g/mol. The van der Waals surface area contributed by atoms with Gasteiger partial charge in [-0.2, -0.15) is 0 Å². The lowest BCUT2D eigenvalue weighted by Crippen LogP contribution is -2.40. The van der Waals surface area contributed by atoms with Crippen LogP contribution in [0.25, 0.3) is 0 Å². The van der Waals surface area contributed by atoms with Crippen molar-refractivity contribution in [3.05, 3.63) is 34.9 Å². The zero-order valence-electron chi connectivity index (χ0n) is 10.9. The van der Waals surface area contributed by atoms with Gasteiger partial charge < -0.3 is 15.7 Å². The Balaban J connectivity index is 1.81. The van der Waals surface area contributed by atoms with Crippen LogP contribution in [0, 0.1) is 5.41 Å². The molecule has 0 aliphatic heterocycles. The molecule has 1 aromatic rings. The first-order chi connectivity index (χ1) is 9.04. The third-order valence-corrected chi connectivity index (χ3v) is 3.85. The number of aliphatic hydroxyl groups is 1. The second-order valence-electron chi connectivity index (χ2n) is 5.26. The highest BCUT2D eigenvalue weighted by molar-refractivity contribution is 6.30. The largest absolute Gasteiger partial charge is 0.396 e. The molecule has 104 valence electrons. The van der Waals surface area contributed by atoms with E-state index in [4.69, 9.17) is 11.6 Å². The molecule has 0 radical (unpaired) electrons. The van der Waals surface area contributed by atoms with E-state index >= 15 is 0 Å². The van der Waals surface area contributed by atoms with Gasteiger partial charge in [-0.15, -0.1) is 0 Å². The minimum Gasteiger partial charge on any atom is -0.396 e. The summed E-state index contributed by atoms with van der Waals surface area (Å²) in [4.78, 5) is 11.8. The Morgan fingerprint density at radius 1 is 1.53 bits per heavy atom. The van der Waals surface area contributed by atoms with Gasteiger partial charge in [0.25, 0.3) is 0 Å². The summed E-state index contributed by atoms with van der Waals surface area (Å²) in [5.74, 6) is 0. The molecule has 1 fully saturated rings. The molecule has 1 atom stereocenters. The van der Waals surface area contributed by atoms with Crippen LogP contribution in [0.3, 0.4) is 0 Å². The molecule has 1 aliphatic rings. The highest BCUT2D eigenvalue weighted by Crippen LogP contribution is 2.44. The molecule has 1 aliphatic carbocycles. The molecule has 1 aromatic carbocycles. The Labute approximate surface area is 118 Å². The number of urea groups is 1. The zero-order chi connectivity index (χ0) is 13.9. The van der Waals surface area contributed by atoms with Crippen LogP contribution in [0.1, 0.15) is 31.4 Å². The van der Waals surface area contributed by atoms with Gasteiger partial charge in [-0.1, -0.05) is 23.7 Å². The minimum atomic E-state index is -0.216. The van der Waals surface area contributed by atoms with Crippen LogP contribution in [0.2, 0.25) is 5.02 Å². The van der Waals surface area contributed by atoms with E-state index in [1.807, 2.05) is 25.1 Å². The van der Waals surface area contributed by atoms with Crippen LogP contribution in [0.5, 0.6) is 0 Å². The lowest BCUT2D eigenvalue weighted by Gasteiger charge is -2.17. The van der Waals surface area contributed by atoms with E-state index < -0.39 is 0 Å². The molecule has 5 heteroatoms. The molecule has 0 heterocycles. The number of hydrogen-bond donors (Lipinski definition) is 3. The molecule has 0 saturated heterocycles. The fraction of sp³-hybridized carbons (Fsp3) is 0.500. The predicted molar refractivity (Wildman–Crippen MR) is 75.2 cm³/mol. The van der Waals surface area contributed by atoms with E-state index in [0.717, 1.165) is 18.4 Å². The first-order valence-corrected chi connectivity index (χ1v) is 6.83. The lowest BCUT2D eigenvalue weighted by atomic mass is 10.1. The Kier molecular flexibility index (Phi) is 4.32. The summed E-state index contributed by atoms with van der Waals surface area (Å²) in [7, 11) is 0. The molecule has 0 aromatic heterocycles. The van der Waals surface area contributed by atoms with Crippen molar-refractivity contribution in [1.82, 2.24) is 10.6 Å². The van der Waals surface area contributed by atoms with Crippen molar-refractivity contribution in [1.29, 1.82) is 0 Å². The number of carbonyl (C=O) groups is 1. The Hall–Kier alpha value is -1.26. The first kappa shape index (κ1) is 14.2. The fourth-order valence-electron chi connectivity index (χ4n) is 1.94. The maximum Gasteiger partial charge on any atom is 0.315 e. The van der Waals surface area contributed by atoms with Crippen molar-refractivity contribution < 1.29 is 9.90 Å². The van der Waals surface area contributed by atoms with Gasteiger partial charge in [0, 0.05) is 17.0 Å². The molecule has 1 saturated carbocycles. The molecule has 19 heavy (non-hydrogen) atoms. The molecule has 2 amide bonds. The molecule has 0 bridgehead atoms. The second kappa shape index (κ2) is 5.80. The molecule has 3 N–H and O–H groups in total. The van der Waals surface area contributed by atoms with Gasteiger partial charge in [0.2, 0.25) is 0 Å². The number of carbonyl (C=O) groups excluding carboxylic acids is 1. The highest BCUT2D eigenvalue weighted by Gasteiger charge is 2.42. The van der Waals surface area contributed by atoms with Gasteiger partial charge in [0.15, 0.2) is 0 Å². The van der Waals surface area contributed by atoms with E-state index in [0.29, 0.717) is 11.6 Å². The van der Waals surface area contributed by atoms with Gasteiger partial charge >= 0.3 is 6.03 Å². The first-order valence-electron chi connectivity index (χ1n) is 6.45. The summed E-state index contributed by atoms with van der Waals surface area (Å²) >= 11 is 5.92. The monoisotopic (exact) mass is 282 g/mol. The van der Waals surface area contributed by atoms with Crippen LogP contribution < -0.4 is 10.6 Å². The fourth-order valence-corrected chi connectivity index (χ4v) is 2.14. The molecule has 2 rings (SSSR count). The van der Waals surface area contributed by atoms with Gasteiger partial charge in [0.05, 0.1) is 12.6 Å². The summed E-state index contributed by atoms with van der Waals surface area (Å²) in [6.07, 6.45) is 1.96. The van der Waals surface area contributed by atoms with Crippen molar-refractivity contribution in [3.63, 3.8) is 0 Å². The standard InChI is InChI=1S/C14H19ClN2O2/c1-10(11-3-2-4-12(15)7-11)17-13(19)16-8-14(9-18)5-6-14/h2-4,7,10,18H,5-6,8-9H2,1H3,(H2,16,17,19). The van der Waals surface area contributed by atoms with Gasteiger partial charge in [0.1, 0.15) is 0 Å². The summed E-state index contributed by atoms with van der Waals surface area (Å²) in [6.45, 7) is 2.57. The van der Waals surface area contributed by atoms with Gasteiger partial charge in [-0.3, -0.25) is 0 Å². The SMILES string of the molecule is CC(NC(=O)NCC1(CO)CC1)c1cccc(Cl)c1. The quantitative estimate of drug-likeness (QED) is 0.777. The van der Waals surface area contributed by atoms with Crippen LogP contribution in [0.4, 0.5) is 4.79 Å². The number of nitrogens with one attached hydrogen (secondary N) is 2. The number of aliphatic hydroxyl groups excluding tert-OH is 1. The van der Waals surface area contributed by atoms with Crippen LogP contribution in [-0.2, 0) is 0 Å². The smallest absolute Gasteiger partial charge is 0.315 e. The Bertz CT molecular complexity index is 461. The summed E-state index contributed by atoms with van der Waals surface area (Å²) < 4.78 is 0. The number of hydrogen-bond acceptors (Lipinski definition) is 2. The number of benzene rings is 1. The van der Waals surface area contributed by atoms with Crippen molar-refractivity contribution in [2.45, 2.75) is 25.8 Å². The highest BCUT2D eigenvalue weighted by atomic mass is 35.5. The maximum absolute atomic E-state index is 11.8. The number of amides is 2. The second-order valence-corrected chi connectivity index (χ2v) is 5.70. The third-order valence-electron chi connectivity index (χ3n) is 3.61. The number of rotatable bonds is 5. The van der Waals surface area contributed by atoms with E-state index in [-0.39, 0.29) is 24.1 Å². The Morgan fingerprint density at radius 2 is 2.26 bits per heavy atom. The Morgan fingerprint density at radius 3 is 2.84 bits per heavy atom. The molecule has 1 unspecified atom stereocenters. The molecule has 0 spiro atoms.